The van der Waals surface area contributed by atoms with Crippen molar-refractivity contribution in [3.8, 4) is 5.75 Å². The Bertz CT molecular complexity index is 513. The molecule has 0 saturated carbocycles. The fourth-order valence-corrected chi connectivity index (χ4v) is 2.03. The van der Waals surface area contributed by atoms with Crippen LogP contribution in [0.1, 0.15) is 5.56 Å². The highest BCUT2D eigenvalue weighted by atomic mass is 127. The van der Waals surface area contributed by atoms with Crippen LogP contribution in [-0.2, 0) is 6.61 Å². The van der Waals surface area contributed by atoms with Crippen molar-refractivity contribution in [1.29, 1.82) is 0 Å². The summed E-state index contributed by atoms with van der Waals surface area (Å²) in [6.45, 7) is 0.488. The summed E-state index contributed by atoms with van der Waals surface area (Å²) < 4.78 is 6.74. The van der Waals surface area contributed by atoms with Crippen LogP contribution < -0.4 is 10.5 Å². The number of anilines is 1. The Kier molecular flexibility index (Phi) is 4.12. The van der Waals surface area contributed by atoms with Gasteiger partial charge in [-0.3, -0.25) is 0 Å². The van der Waals surface area contributed by atoms with Gasteiger partial charge in [0.1, 0.15) is 12.4 Å². The number of rotatable bonds is 3. The minimum Gasteiger partial charge on any atom is -0.487 e. The molecule has 0 saturated heterocycles. The average molecular weight is 360 g/mol. The maximum absolute atomic E-state index is 5.86. The Morgan fingerprint density at radius 1 is 1.12 bits per heavy atom. The fraction of sp³-hybridized carbons (Fsp3) is 0.0769. The fourth-order valence-electron chi connectivity index (χ4n) is 1.39. The van der Waals surface area contributed by atoms with E-state index in [1.54, 1.807) is 0 Å². The molecule has 0 aliphatic heterocycles. The molecule has 0 radical (unpaired) electrons. The van der Waals surface area contributed by atoms with Crippen LogP contribution >= 0.6 is 34.2 Å². The number of hydrogen-bond acceptors (Lipinski definition) is 2. The van der Waals surface area contributed by atoms with E-state index in [0.29, 0.717) is 18.0 Å². The third-order valence-electron chi connectivity index (χ3n) is 2.28. The molecule has 0 aromatic heterocycles. The lowest BCUT2D eigenvalue weighted by Crippen LogP contribution is -1.98. The summed E-state index contributed by atoms with van der Waals surface area (Å²) in [6, 6.07) is 13.3. The van der Waals surface area contributed by atoms with Crippen LogP contribution in [0.4, 0.5) is 5.69 Å². The largest absolute Gasteiger partial charge is 0.487 e. The second-order valence-electron chi connectivity index (χ2n) is 3.60. The first-order valence-electron chi connectivity index (χ1n) is 5.07. The van der Waals surface area contributed by atoms with Gasteiger partial charge in [0.25, 0.3) is 0 Å². The van der Waals surface area contributed by atoms with Crippen LogP contribution in [0.2, 0.25) is 5.02 Å². The van der Waals surface area contributed by atoms with Gasteiger partial charge < -0.3 is 10.5 Å². The molecule has 0 amide bonds. The van der Waals surface area contributed by atoms with Crippen molar-refractivity contribution in [3.63, 3.8) is 0 Å². The second kappa shape index (κ2) is 5.60. The van der Waals surface area contributed by atoms with Crippen LogP contribution in [-0.4, -0.2) is 0 Å². The molecule has 0 bridgehead atoms. The molecule has 0 atom stereocenters. The predicted octanol–water partition coefficient (Wildman–Crippen LogP) is 4.11. The monoisotopic (exact) mass is 359 g/mol. The topological polar surface area (TPSA) is 35.2 Å². The van der Waals surface area contributed by atoms with Gasteiger partial charge in [-0.1, -0.05) is 23.7 Å². The lowest BCUT2D eigenvalue weighted by atomic mass is 10.2. The van der Waals surface area contributed by atoms with E-state index in [-0.39, 0.29) is 0 Å². The van der Waals surface area contributed by atoms with Crippen molar-refractivity contribution in [2.45, 2.75) is 6.61 Å². The van der Waals surface area contributed by atoms with E-state index in [0.717, 1.165) is 14.2 Å². The lowest BCUT2D eigenvalue weighted by molar-refractivity contribution is 0.308. The number of hydrogen-bond donors (Lipinski definition) is 1. The molecular formula is C13H11ClINO. The minimum absolute atomic E-state index is 0.488. The van der Waals surface area contributed by atoms with E-state index in [9.17, 15) is 0 Å². The molecule has 0 heterocycles. The van der Waals surface area contributed by atoms with Crippen LogP contribution in [0.25, 0.3) is 0 Å². The van der Waals surface area contributed by atoms with Gasteiger partial charge in [0, 0.05) is 8.59 Å². The summed E-state index contributed by atoms with van der Waals surface area (Å²) in [6.07, 6.45) is 0. The Morgan fingerprint density at radius 3 is 2.47 bits per heavy atom. The van der Waals surface area contributed by atoms with Gasteiger partial charge in [-0.25, -0.2) is 0 Å². The molecular weight excluding hydrogens is 349 g/mol. The SMILES string of the molecule is Nc1cc(I)ccc1OCc1ccc(Cl)cc1. The molecule has 88 valence electrons. The van der Waals surface area contributed by atoms with Crippen LogP contribution in [0, 0.1) is 3.57 Å². The van der Waals surface area contributed by atoms with Crippen molar-refractivity contribution < 1.29 is 4.74 Å². The highest BCUT2D eigenvalue weighted by Crippen LogP contribution is 2.24. The molecule has 0 aliphatic carbocycles. The van der Waals surface area contributed by atoms with Crippen LogP contribution in [0.3, 0.4) is 0 Å². The third kappa shape index (κ3) is 3.51. The molecule has 2 aromatic rings. The molecule has 2 N–H and O–H groups in total. The van der Waals surface area contributed by atoms with E-state index in [1.165, 1.54) is 0 Å². The Hall–Kier alpha value is -0.940. The molecule has 17 heavy (non-hydrogen) atoms. The number of benzene rings is 2. The number of nitrogens with two attached hydrogens (primary N) is 1. The molecule has 0 unspecified atom stereocenters. The van der Waals surface area contributed by atoms with E-state index in [4.69, 9.17) is 22.1 Å². The molecule has 2 rings (SSSR count). The van der Waals surface area contributed by atoms with Crippen LogP contribution in [0.5, 0.6) is 5.75 Å². The van der Waals surface area contributed by atoms with Crippen molar-refractivity contribution >= 4 is 39.9 Å². The zero-order valence-corrected chi connectivity index (χ0v) is 11.9. The first kappa shape index (κ1) is 12.5. The average Bonchev–Trinajstić information content (AvgIpc) is 2.30. The summed E-state index contributed by atoms with van der Waals surface area (Å²) in [4.78, 5) is 0. The maximum atomic E-state index is 5.86. The molecule has 0 spiro atoms. The molecule has 2 aromatic carbocycles. The highest BCUT2D eigenvalue weighted by Gasteiger charge is 2.01. The lowest BCUT2D eigenvalue weighted by Gasteiger charge is -2.09. The minimum atomic E-state index is 0.488. The Labute approximate surface area is 119 Å². The zero-order valence-electron chi connectivity index (χ0n) is 8.99. The Morgan fingerprint density at radius 2 is 1.82 bits per heavy atom. The third-order valence-corrected chi connectivity index (χ3v) is 3.20. The second-order valence-corrected chi connectivity index (χ2v) is 5.28. The summed E-state index contributed by atoms with van der Waals surface area (Å²) >= 11 is 8.03. The number of halogens is 2. The first-order chi connectivity index (χ1) is 8.15. The van der Waals surface area contributed by atoms with Gasteiger partial charge in [-0.15, -0.1) is 0 Å². The summed E-state index contributed by atoms with van der Waals surface area (Å²) in [5, 5.41) is 0.725. The van der Waals surface area contributed by atoms with Gasteiger partial charge in [0.2, 0.25) is 0 Å². The van der Waals surface area contributed by atoms with Crippen LogP contribution in [0.15, 0.2) is 42.5 Å². The standard InChI is InChI=1S/C13H11ClINO/c14-10-3-1-9(2-4-10)8-17-13-6-5-11(15)7-12(13)16/h1-7H,8,16H2. The van der Waals surface area contributed by atoms with Gasteiger partial charge in [-0.2, -0.15) is 0 Å². The van der Waals surface area contributed by atoms with Crippen molar-refractivity contribution in [2.24, 2.45) is 0 Å². The predicted molar refractivity (Wildman–Crippen MR) is 79.4 cm³/mol. The van der Waals surface area contributed by atoms with Gasteiger partial charge in [-0.05, 0) is 58.5 Å². The molecule has 0 fully saturated rings. The zero-order chi connectivity index (χ0) is 12.3. The van der Waals surface area contributed by atoms with E-state index < -0.39 is 0 Å². The number of nitrogen functional groups attached to an aromatic ring is 1. The first-order valence-corrected chi connectivity index (χ1v) is 6.53. The van der Waals surface area contributed by atoms with Crippen molar-refractivity contribution in [1.82, 2.24) is 0 Å². The summed E-state index contributed by atoms with van der Waals surface area (Å²) in [7, 11) is 0. The van der Waals surface area contributed by atoms with E-state index in [1.807, 2.05) is 42.5 Å². The molecule has 2 nitrogen and oxygen atoms in total. The molecule has 0 aliphatic rings. The summed E-state index contributed by atoms with van der Waals surface area (Å²) in [5.41, 5.74) is 7.58. The van der Waals surface area contributed by atoms with E-state index >= 15 is 0 Å². The maximum Gasteiger partial charge on any atom is 0.142 e. The smallest absolute Gasteiger partial charge is 0.142 e. The number of ether oxygens (including phenoxy) is 1. The van der Waals surface area contributed by atoms with Gasteiger partial charge >= 0.3 is 0 Å². The summed E-state index contributed by atoms with van der Waals surface area (Å²) in [5.74, 6) is 0.709. The molecule has 4 heteroatoms. The van der Waals surface area contributed by atoms with Gasteiger partial charge in [0.15, 0.2) is 0 Å². The quantitative estimate of drug-likeness (QED) is 0.661. The Balaban J connectivity index is 2.04. The van der Waals surface area contributed by atoms with E-state index in [2.05, 4.69) is 22.6 Å². The highest BCUT2D eigenvalue weighted by molar-refractivity contribution is 14.1. The van der Waals surface area contributed by atoms with Gasteiger partial charge in [0.05, 0.1) is 5.69 Å². The normalized spacial score (nSPS) is 10.2. The van der Waals surface area contributed by atoms with Crippen molar-refractivity contribution in [2.75, 3.05) is 5.73 Å². The van der Waals surface area contributed by atoms with Crippen molar-refractivity contribution in [3.05, 3.63) is 56.6 Å².